The third-order valence-corrected chi connectivity index (χ3v) is 7.61. The average molecular weight is 304 g/mol. The van der Waals surface area contributed by atoms with E-state index in [-0.39, 0.29) is 17.4 Å². The van der Waals surface area contributed by atoms with Gasteiger partial charge in [-0.2, -0.15) is 0 Å². The molecule has 2 bridgehead atoms. The van der Waals surface area contributed by atoms with Crippen LogP contribution in [0, 0.1) is 11.3 Å². The van der Waals surface area contributed by atoms with Crippen LogP contribution in [0.25, 0.3) is 0 Å². The summed E-state index contributed by atoms with van der Waals surface area (Å²) in [5.74, 6) is -0.278. The highest BCUT2D eigenvalue weighted by Crippen LogP contribution is 2.71. The van der Waals surface area contributed by atoms with E-state index < -0.39 is 51.6 Å². The van der Waals surface area contributed by atoms with Crippen LogP contribution in [0.1, 0.15) is 0 Å². The third-order valence-electron chi connectivity index (χ3n) is 5.93. The fourth-order valence-electron chi connectivity index (χ4n) is 5.35. The largest absolute Gasteiger partial charge is 0.388 e. The molecule has 1 N–H and O–H groups in total. The predicted octanol–water partition coefficient (Wildman–Crippen LogP) is -1.70. The summed E-state index contributed by atoms with van der Waals surface area (Å²) < 4.78 is 47.5. The van der Waals surface area contributed by atoms with Gasteiger partial charge in [-0.15, -0.1) is 0 Å². The van der Waals surface area contributed by atoms with Crippen LogP contribution in [0.15, 0.2) is 0 Å². The van der Waals surface area contributed by atoms with Gasteiger partial charge in [-0.1, -0.05) is 0 Å². The minimum absolute atomic E-state index is 0.0205. The van der Waals surface area contributed by atoms with E-state index in [0.29, 0.717) is 6.61 Å². The molecule has 5 saturated heterocycles. The average Bonchev–Trinajstić information content (AvgIpc) is 2.97. The molecule has 112 valence electrons. The summed E-state index contributed by atoms with van der Waals surface area (Å²) in [4.78, 5) is 0. The minimum atomic E-state index is -3.30. The molecule has 5 fully saturated rings. The lowest BCUT2D eigenvalue weighted by molar-refractivity contribution is -0.159. The van der Waals surface area contributed by atoms with Crippen molar-refractivity contribution in [3.05, 3.63) is 0 Å². The van der Waals surface area contributed by atoms with Crippen LogP contribution in [0.2, 0.25) is 0 Å². The number of methoxy groups -OCH3 is 1. The van der Waals surface area contributed by atoms with E-state index in [1.807, 2.05) is 0 Å². The molecule has 0 aromatic heterocycles. The molecular formula is C12H16O7S. The van der Waals surface area contributed by atoms with Crippen molar-refractivity contribution in [1.82, 2.24) is 0 Å². The fraction of sp³-hybridized carbons (Fsp3) is 1.00. The van der Waals surface area contributed by atoms with E-state index in [4.69, 9.17) is 18.9 Å². The van der Waals surface area contributed by atoms with Crippen molar-refractivity contribution in [3.8, 4) is 0 Å². The van der Waals surface area contributed by atoms with Crippen molar-refractivity contribution < 1.29 is 32.5 Å². The molecule has 0 unspecified atom stereocenters. The Morgan fingerprint density at radius 2 is 2.20 bits per heavy atom. The molecule has 20 heavy (non-hydrogen) atoms. The molecule has 0 aliphatic carbocycles. The van der Waals surface area contributed by atoms with Crippen LogP contribution in [-0.2, 0) is 28.8 Å². The number of ether oxygens (including phenoxy) is 4. The zero-order chi connectivity index (χ0) is 13.9. The molecule has 8 heteroatoms. The maximum Gasteiger partial charge on any atom is 0.163 e. The summed E-state index contributed by atoms with van der Waals surface area (Å²) in [7, 11) is -1.76. The Labute approximate surface area is 116 Å². The molecule has 5 rings (SSSR count). The summed E-state index contributed by atoms with van der Waals surface area (Å²) in [6.07, 6.45) is -2.87. The lowest BCUT2D eigenvalue weighted by Gasteiger charge is -2.46. The normalized spacial score (nSPS) is 64.7. The van der Waals surface area contributed by atoms with Crippen LogP contribution in [0.4, 0.5) is 0 Å². The Morgan fingerprint density at radius 1 is 1.40 bits per heavy atom. The molecule has 5 aliphatic rings. The monoisotopic (exact) mass is 304 g/mol. The van der Waals surface area contributed by atoms with E-state index in [9.17, 15) is 13.5 Å². The smallest absolute Gasteiger partial charge is 0.163 e. The SMILES string of the molecule is CO[C@H]1O[C@@H]2CS(=O)(=O)C[C@@]34O[C@H]5[C@@H](O)[C@H]3OC[C@@]24[C@@H]15. The van der Waals surface area contributed by atoms with Crippen molar-refractivity contribution in [2.75, 3.05) is 25.2 Å². The lowest BCUT2D eigenvalue weighted by Crippen LogP contribution is -2.66. The van der Waals surface area contributed by atoms with E-state index in [2.05, 4.69) is 0 Å². The van der Waals surface area contributed by atoms with Crippen LogP contribution in [-0.4, -0.2) is 75.1 Å². The quantitative estimate of drug-likeness (QED) is 0.617. The number of fused-ring (bicyclic) bond motifs is 2. The number of rotatable bonds is 1. The van der Waals surface area contributed by atoms with Crippen molar-refractivity contribution >= 4 is 9.84 Å². The number of hydrogen-bond acceptors (Lipinski definition) is 7. The molecule has 0 saturated carbocycles. The first-order valence-electron chi connectivity index (χ1n) is 6.81. The van der Waals surface area contributed by atoms with Gasteiger partial charge in [0.15, 0.2) is 16.1 Å². The van der Waals surface area contributed by atoms with Crippen molar-refractivity contribution in [3.63, 3.8) is 0 Å². The van der Waals surface area contributed by atoms with E-state index in [1.165, 1.54) is 7.11 Å². The molecule has 5 aliphatic heterocycles. The number of hydrogen-bond donors (Lipinski definition) is 1. The van der Waals surface area contributed by atoms with Gasteiger partial charge in [0.25, 0.3) is 0 Å². The maximum absolute atomic E-state index is 12.2. The summed E-state index contributed by atoms with van der Waals surface area (Å²) in [6, 6.07) is 0. The molecule has 0 aromatic rings. The second kappa shape index (κ2) is 3.23. The first-order chi connectivity index (χ1) is 9.45. The summed E-state index contributed by atoms with van der Waals surface area (Å²) >= 11 is 0. The highest BCUT2D eigenvalue weighted by Gasteiger charge is 2.87. The Hall–Kier alpha value is -0.250. The third kappa shape index (κ3) is 0.995. The predicted molar refractivity (Wildman–Crippen MR) is 63.6 cm³/mol. The molecule has 7 nitrogen and oxygen atoms in total. The standard InChI is InChI=1S/C12H16O7S/c1-16-10-6-8-7(13)9-12(19-8)4-20(14,15)2-5(18-10)11(6,12)3-17-9/h5-10,13H,2-4H2,1H3/t5-,6-,7-,8-,9-,10+,11+,12-/m1/s1. The number of sulfone groups is 1. The van der Waals surface area contributed by atoms with Gasteiger partial charge in [0.05, 0.1) is 41.7 Å². The summed E-state index contributed by atoms with van der Waals surface area (Å²) in [5, 5.41) is 10.4. The van der Waals surface area contributed by atoms with E-state index >= 15 is 0 Å². The topological polar surface area (TPSA) is 91.3 Å². The second-order valence-electron chi connectivity index (χ2n) is 6.54. The van der Waals surface area contributed by atoms with Gasteiger partial charge in [-0.25, -0.2) is 8.42 Å². The molecule has 0 radical (unpaired) electrons. The van der Waals surface area contributed by atoms with E-state index in [0.717, 1.165) is 0 Å². The Kier molecular flexibility index (Phi) is 1.99. The number of aliphatic hydroxyl groups is 1. The minimum Gasteiger partial charge on any atom is -0.388 e. The number of aliphatic hydroxyl groups excluding tert-OH is 1. The molecule has 2 spiro atoms. The van der Waals surface area contributed by atoms with E-state index in [1.54, 1.807) is 0 Å². The van der Waals surface area contributed by atoms with Gasteiger partial charge in [-0.05, 0) is 0 Å². The first kappa shape index (κ1) is 12.3. The van der Waals surface area contributed by atoms with Crippen LogP contribution < -0.4 is 0 Å². The van der Waals surface area contributed by atoms with Crippen LogP contribution >= 0.6 is 0 Å². The van der Waals surface area contributed by atoms with Gasteiger partial charge in [0, 0.05) is 7.11 Å². The Bertz CT molecular complexity index is 591. The molecule has 5 heterocycles. The Balaban J connectivity index is 1.77. The summed E-state index contributed by atoms with van der Waals surface area (Å²) in [5.41, 5.74) is -1.45. The lowest BCUT2D eigenvalue weighted by atomic mass is 9.59. The van der Waals surface area contributed by atoms with Gasteiger partial charge >= 0.3 is 0 Å². The zero-order valence-electron chi connectivity index (χ0n) is 10.9. The Morgan fingerprint density at radius 3 is 2.95 bits per heavy atom. The van der Waals surface area contributed by atoms with Crippen LogP contribution in [0.5, 0.6) is 0 Å². The van der Waals surface area contributed by atoms with Crippen molar-refractivity contribution in [2.45, 2.75) is 36.3 Å². The maximum atomic E-state index is 12.2. The van der Waals surface area contributed by atoms with Crippen LogP contribution in [0.3, 0.4) is 0 Å². The van der Waals surface area contributed by atoms with Gasteiger partial charge < -0.3 is 24.1 Å². The van der Waals surface area contributed by atoms with Gasteiger partial charge in [0.2, 0.25) is 0 Å². The fourth-order valence-corrected chi connectivity index (χ4v) is 7.45. The molecule has 0 amide bonds. The first-order valence-corrected chi connectivity index (χ1v) is 8.63. The highest BCUT2D eigenvalue weighted by atomic mass is 32.2. The summed E-state index contributed by atoms with van der Waals surface area (Å²) in [6.45, 7) is 0.371. The second-order valence-corrected chi connectivity index (χ2v) is 8.65. The highest BCUT2D eigenvalue weighted by molar-refractivity contribution is 7.91. The van der Waals surface area contributed by atoms with Crippen molar-refractivity contribution in [2.24, 2.45) is 11.3 Å². The molecule has 0 aromatic carbocycles. The van der Waals surface area contributed by atoms with Gasteiger partial charge in [0.1, 0.15) is 17.8 Å². The zero-order valence-corrected chi connectivity index (χ0v) is 11.7. The van der Waals surface area contributed by atoms with Gasteiger partial charge in [-0.3, -0.25) is 0 Å². The molecule has 8 atom stereocenters. The van der Waals surface area contributed by atoms with Crippen molar-refractivity contribution in [1.29, 1.82) is 0 Å². The molecular weight excluding hydrogens is 288 g/mol.